The van der Waals surface area contributed by atoms with Gasteiger partial charge in [0.1, 0.15) is 19.0 Å². The largest absolute Gasteiger partial charge is 0.491 e. The fourth-order valence-corrected chi connectivity index (χ4v) is 1.75. The van der Waals surface area contributed by atoms with E-state index in [-0.39, 0.29) is 6.61 Å². The molecule has 2 aromatic carbocycles. The Morgan fingerprint density at radius 2 is 1.67 bits per heavy atom. The van der Waals surface area contributed by atoms with Gasteiger partial charge in [0.05, 0.1) is 13.2 Å². The van der Waals surface area contributed by atoms with Crippen LogP contribution in [0.4, 0.5) is 0 Å². The zero-order valence-corrected chi connectivity index (χ0v) is 11.8. The van der Waals surface area contributed by atoms with Gasteiger partial charge in [0.2, 0.25) is 0 Å². The average molecular weight is 282 g/mol. The summed E-state index contributed by atoms with van der Waals surface area (Å²) in [6.07, 6.45) is 0. The Balaban J connectivity index is 1.66. The van der Waals surface area contributed by atoms with Crippen LogP contribution in [0.2, 0.25) is 0 Å². The lowest BCUT2D eigenvalue weighted by Gasteiger charge is -2.07. The summed E-state index contributed by atoms with van der Waals surface area (Å²) in [4.78, 5) is 0. The smallest absolute Gasteiger partial charge is 0.119 e. The molecule has 0 atom stereocenters. The maximum Gasteiger partial charge on any atom is 0.119 e. The van der Waals surface area contributed by atoms with Gasteiger partial charge in [-0.25, -0.2) is 0 Å². The van der Waals surface area contributed by atoms with Crippen LogP contribution in [0, 0.1) is 11.8 Å². The van der Waals surface area contributed by atoms with Gasteiger partial charge in [-0.3, -0.25) is 0 Å². The van der Waals surface area contributed by atoms with Gasteiger partial charge in [-0.05, 0) is 29.8 Å². The molecule has 0 fully saturated rings. The van der Waals surface area contributed by atoms with Gasteiger partial charge in [-0.2, -0.15) is 0 Å². The van der Waals surface area contributed by atoms with Gasteiger partial charge in [0.15, 0.2) is 0 Å². The lowest BCUT2D eigenvalue weighted by Crippen LogP contribution is -2.06. The molecule has 2 aromatic rings. The average Bonchev–Trinajstić information content (AvgIpc) is 2.55. The molecule has 0 unspecified atom stereocenters. The normalized spacial score (nSPS) is 9.76. The standard InChI is InChI=1S/C18H18O3/c19-12-4-5-16-8-10-17(11-9-16)15-20-13-14-21-18-6-2-1-3-7-18/h1-3,6-11,19H,12-15H2. The van der Waals surface area contributed by atoms with Gasteiger partial charge in [0.25, 0.3) is 0 Å². The number of hydrogen-bond acceptors (Lipinski definition) is 3. The van der Waals surface area contributed by atoms with E-state index in [1.54, 1.807) is 0 Å². The van der Waals surface area contributed by atoms with Crippen molar-refractivity contribution in [2.75, 3.05) is 19.8 Å². The van der Waals surface area contributed by atoms with E-state index in [1.807, 2.05) is 54.6 Å². The number of aliphatic hydroxyl groups excluding tert-OH is 1. The van der Waals surface area contributed by atoms with Crippen LogP contribution in [0.25, 0.3) is 0 Å². The molecule has 1 N–H and O–H groups in total. The molecule has 3 heteroatoms. The van der Waals surface area contributed by atoms with Crippen molar-refractivity contribution in [1.29, 1.82) is 0 Å². The Morgan fingerprint density at radius 1 is 0.905 bits per heavy atom. The van der Waals surface area contributed by atoms with E-state index in [2.05, 4.69) is 11.8 Å². The molecule has 21 heavy (non-hydrogen) atoms. The van der Waals surface area contributed by atoms with Crippen LogP contribution in [0.3, 0.4) is 0 Å². The van der Waals surface area contributed by atoms with E-state index in [4.69, 9.17) is 14.6 Å². The van der Waals surface area contributed by atoms with Gasteiger partial charge in [-0.15, -0.1) is 0 Å². The topological polar surface area (TPSA) is 38.7 Å². The highest BCUT2D eigenvalue weighted by atomic mass is 16.5. The number of aliphatic hydroxyl groups is 1. The molecule has 0 saturated heterocycles. The second-order valence-corrected chi connectivity index (χ2v) is 4.37. The van der Waals surface area contributed by atoms with E-state index in [1.165, 1.54) is 0 Å². The molecular weight excluding hydrogens is 264 g/mol. The summed E-state index contributed by atoms with van der Waals surface area (Å²) in [7, 11) is 0. The zero-order chi connectivity index (χ0) is 14.8. The van der Waals surface area contributed by atoms with Crippen LogP contribution in [-0.2, 0) is 11.3 Å². The second kappa shape index (κ2) is 8.80. The Hall–Kier alpha value is -2.28. The molecule has 3 nitrogen and oxygen atoms in total. The fraction of sp³-hybridized carbons (Fsp3) is 0.222. The van der Waals surface area contributed by atoms with E-state index in [9.17, 15) is 0 Å². The Labute approximate surface area is 125 Å². The van der Waals surface area contributed by atoms with Crippen molar-refractivity contribution in [3.8, 4) is 17.6 Å². The lowest BCUT2D eigenvalue weighted by molar-refractivity contribution is 0.0889. The van der Waals surface area contributed by atoms with Crippen molar-refractivity contribution in [1.82, 2.24) is 0 Å². The molecule has 0 aliphatic heterocycles. The first-order valence-corrected chi connectivity index (χ1v) is 6.83. The van der Waals surface area contributed by atoms with Crippen molar-refractivity contribution >= 4 is 0 Å². The number of para-hydroxylation sites is 1. The number of ether oxygens (including phenoxy) is 2. The van der Waals surface area contributed by atoms with Crippen LogP contribution in [0.1, 0.15) is 11.1 Å². The Morgan fingerprint density at radius 3 is 2.38 bits per heavy atom. The molecule has 0 amide bonds. The molecule has 0 aliphatic carbocycles. The minimum absolute atomic E-state index is 0.119. The predicted octanol–water partition coefficient (Wildman–Crippen LogP) is 2.63. The summed E-state index contributed by atoms with van der Waals surface area (Å²) in [6.45, 7) is 1.50. The number of hydrogen-bond donors (Lipinski definition) is 1. The van der Waals surface area contributed by atoms with Gasteiger partial charge in [-0.1, -0.05) is 42.2 Å². The van der Waals surface area contributed by atoms with Crippen molar-refractivity contribution in [3.63, 3.8) is 0 Å². The molecule has 0 heterocycles. The Kier molecular flexibility index (Phi) is 6.34. The summed E-state index contributed by atoms with van der Waals surface area (Å²) >= 11 is 0. The van der Waals surface area contributed by atoms with E-state index in [0.29, 0.717) is 19.8 Å². The first-order chi connectivity index (χ1) is 10.4. The summed E-state index contributed by atoms with van der Waals surface area (Å²) in [5.74, 6) is 6.33. The molecule has 0 spiro atoms. The zero-order valence-electron chi connectivity index (χ0n) is 11.8. The summed E-state index contributed by atoms with van der Waals surface area (Å²) in [6, 6.07) is 17.5. The van der Waals surface area contributed by atoms with Crippen LogP contribution >= 0.6 is 0 Å². The quantitative estimate of drug-likeness (QED) is 0.654. The molecule has 0 bridgehead atoms. The molecular formula is C18H18O3. The molecule has 108 valence electrons. The third-order valence-electron chi connectivity index (χ3n) is 2.77. The minimum Gasteiger partial charge on any atom is -0.491 e. The Bertz CT molecular complexity index is 579. The van der Waals surface area contributed by atoms with Crippen molar-refractivity contribution in [3.05, 3.63) is 65.7 Å². The lowest BCUT2D eigenvalue weighted by atomic mass is 10.1. The van der Waals surface area contributed by atoms with Crippen molar-refractivity contribution in [2.24, 2.45) is 0 Å². The molecule has 2 rings (SSSR count). The van der Waals surface area contributed by atoms with Gasteiger partial charge >= 0.3 is 0 Å². The van der Waals surface area contributed by atoms with E-state index in [0.717, 1.165) is 16.9 Å². The minimum atomic E-state index is -0.119. The third kappa shape index (κ3) is 5.70. The molecule has 0 radical (unpaired) electrons. The van der Waals surface area contributed by atoms with Crippen LogP contribution in [0.5, 0.6) is 5.75 Å². The fourth-order valence-electron chi connectivity index (χ4n) is 1.75. The first kappa shape index (κ1) is 15.1. The number of benzene rings is 2. The summed E-state index contributed by atoms with van der Waals surface area (Å²) < 4.78 is 11.1. The second-order valence-electron chi connectivity index (χ2n) is 4.37. The highest BCUT2D eigenvalue weighted by Gasteiger charge is 1.95. The van der Waals surface area contributed by atoms with Crippen LogP contribution in [0.15, 0.2) is 54.6 Å². The number of rotatable bonds is 6. The van der Waals surface area contributed by atoms with Crippen molar-refractivity contribution in [2.45, 2.75) is 6.61 Å². The summed E-state index contributed by atoms with van der Waals surface area (Å²) in [5, 5.41) is 8.63. The first-order valence-electron chi connectivity index (χ1n) is 6.83. The monoisotopic (exact) mass is 282 g/mol. The predicted molar refractivity (Wildman–Crippen MR) is 82.0 cm³/mol. The highest BCUT2D eigenvalue weighted by molar-refractivity contribution is 5.36. The van der Waals surface area contributed by atoms with E-state index < -0.39 is 0 Å². The summed E-state index contributed by atoms with van der Waals surface area (Å²) in [5.41, 5.74) is 1.98. The van der Waals surface area contributed by atoms with E-state index >= 15 is 0 Å². The van der Waals surface area contributed by atoms with Crippen LogP contribution < -0.4 is 4.74 Å². The third-order valence-corrected chi connectivity index (χ3v) is 2.77. The SMILES string of the molecule is OCC#Cc1ccc(COCCOc2ccccc2)cc1. The maximum atomic E-state index is 8.63. The molecule has 0 saturated carbocycles. The molecule has 0 aromatic heterocycles. The highest BCUT2D eigenvalue weighted by Crippen LogP contribution is 2.08. The molecule has 0 aliphatic rings. The van der Waals surface area contributed by atoms with Crippen molar-refractivity contribution < 1.29 is 14.6 Å². The maximum absolute atomic E-state index is 8.63. The van der Waals surface area contributed by atoms with Crippen LogP contribution in [-0.4, -0.2) is 24.9 Å². The van der Waals surface area contributed by atoms with Gasteiger partial charge in [0, 0.05) is 5.56 Å². The van der Waals surface area contributed by atoms with Gasteiger partial charge < -0.3 is 14.6 Å².